The summed E-state index contributed by atoms with van der Waals surface area (Å²) in [5, 5.41) is 3.46. The van der Waals surface area contributed by atoms with Crippen LogP contribution >= 0.6 is 15.9 Å². The largest absolute Gasteiger partial charge is 0.490 e. The molecule has 1 saturated heterocycles. The van der Waals surface area contributed by atoms with E-state index in [9.17, 15) is 0 Å². The van der Waals surface area contributed by atoms with E-state index in [0.717, 1.165) is 29.8 Å². The van der Waals surface area contributed by atoms with E-state index in [2.05, 4.69) is 54.2 Å². The molecule has 118 valence electrons. The molecule has 1 fully saturated rings. The summed E-state index contributed by atoms with van der Waals surface area (Å²) in [6.07, 6.45) is 3.77. The summed E-state index contributed by atoms with van der Waals surface area (Å²) in [5.74, 6) is 1.00. The number of hydrogen-bond donors (Lipinski definition) is 1. The standard InChI is InChI=1S/C17H26BrNO2/c1-12(2)19-10-14-9-15(18)8-13(3)17(14)21-11-16-6-4-5-7-20-16/h8-9,12,16,19H,4-7,10-11H2,1-3H3. The molecule has 1 aromatic rings. The highest BCUT2D eigenvalue weighted by molar-refractivity contribution is 9.10. The smallest absolute Gasteiger partial charge is 0.126 e. The Labute approximate surface area is 136 Å². The quantitative estimate of drug-likeness (QED) is 0.829. The van der Waals surface area contributed by atoms with Crippen molar-refractivity contribution in [3.8, 4) is 5.75 Å². The lowest BCUT2D eigenvalue weighted by atomic mass is 10.1. The van der Waals surface area contributed by atoms with E-state index in [0.29, 0.717) is 12.6 Å². The van der Waals surface area contributed by atoms with Crippen LogP contribution in [-0.2, 0) is 11.3 Å². The van der Waals surface area contributed by atoms with Gasteiger partial charge in [0.05, 0.1) is 6.10 Å². The highest BCUT2D eigenvalue weighted by Crippen LogP contribution is 2.29. The third kappa shape index (κ3) is 5.28. The number of benzene rings is 1. The van der Waals surface area contributed by atoms with Crippen molar-refractivity contribution in [2.45, 2.75) is 58.7 Å². The molecule has 0 saturated carbocycles. The number of ether oxygens (including phenoxy) is 2. The van der Waals surface area contributed by atoms with E-state index in [4.69, 9.17) is 9.47 Å². The maximum Gasteiger partial charge on any atom is 0.126 e. The third-order valence-electron chi connectivity index (χ3n) is 3.70. The molecular formula is C17H26BrNO2. The van der Waals surface area contributed by atoms with Gasteiger partial charge in [-0.3, -0.25) is 0 Å². The summed E-state index contributed by atoms with van der Waals surface area (Å²) in [4.78, 5) is 0. The molecule has 0 spiro atoms. The van der Waals surface area contributed by atoms with Crippen molar-refractivity contribution in [2.75, 3.05) is 13.2 Å². The van der Waals surface area contributed by atoms with Crippen molar-refractivity contribution in [3.63, 3.8) is 0 Å². The molecule has 0 radical (unpaired) electrons. The highest BCUT2D eigenvalue weighted by Gasteiger charge is 2.16. The van der Waals surface area contributed by atoms with Gasteiger partial charge in [0.2, 0.25) is 0 Å². The predicted octanol–water partition coefficient (Wildman–Crippen LogP) is 4.20. The fourth-order valence-corrected chi connectivity index (χ4v) is 3.19. The van der Waals surface area contributed by atoms with Gasteiger partial charge >= 0.3 is 0 Å². The molecule has 1 unspecified atom stereocenters. The Morgan fingerprint density at radius 1 is 1.38 bits per heavy atom. The maximum absolute atomic E-state index is 6.11. The van der Waals surface area contributed by atoms with Gasteiger partial charge in [-0.15, -0.1) is 0 Å². The Balaban J connectivity index is 2.04. The summed E-state index contributed by atoms with van der Waals surface area (Å²) >= 11 is 3.57. The number of rotatable bonds is 6. The Kier molecular flexibility index (Phi) is 6.52. The lowest BCUT2D eigenvalue weighted by Gasteiger charge is -2.24. The van der Waals surface area contributed by atoms with Gasteiger partial charge in [-0.05, 0) is 43.9 Å². The van der Waals surface area contributed by atoms with Gasteiger partial charge < -0.3 is 14.8 Å². The number of halogens is 1. The molecule has 0 aliphatic carbocycles. The fraction of sp³-hybridized carbons (Fsp3) is 0.647. The van der Waals surface area contributed by atoms with Gasteiger partial charge in [-0.1, -0.05) is 29.8 Å². The molecule has 3 nitrogen and oxygen atoms in total. The van der Waals surface area contributed by atoms with E-state index in [-0.39, 0.29) is 6.10 Å². The summed E-state index contributed by atoms with van der Waals surface area (Å²) in [6.45, 7) is 8.74. The summed E-state index contributed by atoms with van der Waals surface area (Å²) in [7, 11) is 0. The Morgan fingerprint density at radius 2 is 2.19 bits per heavy atom. The molecular weight excluding hydrogens is 330 g/mol. The van der Waals surface area contributed by atoms with E-state index in [1.807, 2.05) is 0 Å². The SMILES string of the molecule is Cc1cc(Br)cc(CNC(C)C)c1OCC1CCCCO1. The molecule has 1 aromatic carbocycles. The molecule has 1 aliphatic rings. The highest BCUT2D eigenvalue weighted by atomic mass is 79.9. The first-order valence-corrected chi connectivity index (χ1v) is 8.62. The molecule has 0 aromatic heterocycles. The maximum atomic E-state index is 6.11. The minimum absolute atomic E-state index is 0.243. The topological polar surface area (TPSA) is 30.5 Å². The second-order valence-corrected chi connectivity index (χ2v) is 6.96. The molecule has 1 aliphatic heterocycles. The molecule has 0 bridgehead atoms. The summed E-state index contributed by atoms with van der Waals surface area (Å²) in [6, 6.07) is 4.70. The van der Waals surface area contributed by atoms with Gasteiger partial charge in [0, 0.05) is 29.2 Å². The van der Waals surface area contributed by atoms with Crippen LogP contribution < -0.4 is 10.1 Å². The summed E-state index contributed by atoms with van der Waals surface area (Å²) < 4.78 is 13.0. The van der Waals surface area contributed by atoms with Crippen molar-refractivity contribution in [1.82, 2.24) is 5.32 Å². The Bertz CT molecular complexity index is 456. The lowest BCUT2D eigenvalue weighted by molar-refractivity contribution is -0.0113. The number of hydrogen-bond acceptors (Lipinski definition) is 3. The predicted molar refractivity (Wildman–Crippen MR) is 89.9 cm³/mol. The molecule has 1 heterocycles. The minimum Gasteiger partial charge on any atom is -0.490 e. The normalized spacial score (nSPS) is 19.0. The minimum atomic E-state index is 0.243. The summed E-state index contributed by atoms with van der Waals surface area (Å²) in [5.41, 5.74) is 2.37. The second kappa shape index (κ2) is 8.16. The van der Waals surface area contributed by atoms with Crippen molar-refractivity contribution in [2.24, 2.45) is 0 Å². The van der Waals surface area contributed by atoms with Crippen LogP contribution in [0.4, 0.5) is 0 Å². The average Bonchev–Trinajstić information content (AvgIpc) is 2.45. The number of nitrogens with one attached hydrogen (secondary N) is 1. The molecule has 4 heteroatoms. The van der Waals surface area contributed by atoms with Crippen LogP contribution in [0.5, 0.6) is 5.75 Å². The third-order valence-corrected chi connectivity index (χ3v) is 4.16. The van der Waals surface area contributed by atoms with Crippen molar-refractivity contribution in [1.29, 1.82) is 0 Å². The first kappa shape index (κ1) is 16.8. The van der Waals surface area contributed by atoms with Gasteiger partial charge in [-0.25, -0.2) is 0 Å². The van der Waals surface area contributed by atoms with Crippen LogP contribution in [0, 0.1) is 6.92 Å². The second-order valence-electron chi connectivity index (χ2n) is 6.05. The molecule has 2 rings (SSSR count). The van der Waals surface area contributed by atoms with Crippen LogP contribution in [0.3, 0.4) is 0 Å². The van der Waals surface area contributed by atoms with Crippen LogP contribution in [0.2, 0.25) is 0 Å². The molecule has 0 amide bonds. The molecule has 21 heavy (non-hydrogen) atoms. The molecule has 1 atom stereocenters. The first-order chi connectivity index (χ1) is 10.1. The van der Waals surface area contributed by atoms with Gasteiger partial charge in [0.15, 0.2) is 0 Å². The monoisotopic (exact) mass is 355 g/mol. The zero-order chi connectivity index (χ0) is 15.2. The van der Waals surface area contributed by atoms with Crippen LogP contribution in [-0.4, -0.2) is 25.4 Å². The van der Waals surface area contributed by atoms with Gasteiger partial charge in [0.1, 0.15) is 12.4 Å². The van der Waals surface area contributed by atoms with Gasteiger partial charge in [0.25, 0.3) is 0 Å². The first-order valence-electron chi connectivity index (χ1n) is 7.83. The van der Waals surface area contributed by atoms with E-state index >= 15 is 0 Å². The van der Waals surface area contributed by atoms with Crippen molar-refractivity contribution < 1.29 is 9.47 Å². The average molecular weight is 356 g/mol. The van der Waals surface area contributed by atoms with E-state index in [1.54, 1.807) is 0 Å². The van der Waals surface area contributed by atoms with Crippen molar-refractivity contribution in [3.05, 3.63) is 27.7 Å². The van der Waals surface area contributed by atoms with Gasteiger partial charge in [-0.2, -0.15) is 0 Å². The molecule has 1 N–H and O–H groups in total. The van der Waals surface area contributed by atoms with Crippen molar-refractivity contribution >= 4 is 15.9 Å². The van der Waals surface area contributed by atoms with Crippen LogP contribution in [0.1, 0.15) is 44.2 Å². The van der Waals surface area contributed by atoms with E-state index < -0.39 is 0 Å². The number of aryl methyl sites for hydroxylation is 1. The van der Waals surface area contributed by atoms with Crippen LogP contribution in [0.25, 0.3) is 0 Å². The Hall–Kier alpha value is -0.580. The lowest BCUT2D eigenvalue weighted by Crippen LogP contribution is -2.27. The van der Waals surface area contributed by atoms with E-state index in [1.165, 1.54) is 24.0 Å². The van der Waals surface area contributed by atoms with Crippen LogP contribution in [0.15, 0.2) is 16.6 Å². The zero-order valence-electron chi connectivity index (χ0n) is 13.2. The fourth-order valence-electron chi connectivity index (χ4n) is 2.57. The zero-order valence-corrected chi connectivity index (χ0v) is 14.8. The Morgan fingerprint density at radius 3 is 2.86 bits per heavy atom.